The van der Waals surface area contributed by atoms with E-state index >= 15 is 0 Å². The van der Waals surface area contributed by atoms with Gasteiger partial charge in [0.15, 0.2) is 0 Å². The van der Waals surface area contributed by atoms with E-state index in [0.29, 0.717) is 29.0 Å². The minimum Gasteiger partial charge on any atom is -0.507 e. The normalized spacial score (nSPS) is 20.0. The second-order valence-corrected chi connectivity index (χ2v) is 5.39. The molecule has 0 atom stereocenters. The summed E-state index contributed by atoms with van der Waals surface area (Å²) < 4.78 is 0. The van der Waals surface area contributed by atoms with Crippen molar-refractivity contribution >= 4 is 17.3 Å². The number of rotatable bonds is 2. The van der Waals surface area contributed by atoms with E-state index in [2.05, 4.69) is 0 Å². The highest BCUT2D eigenvalue weighted by Gasteiger charge is 2.34. The number of Topliss-reactive ketones (excluding diaryl/α,β-unsaturated/α-hetero) is 2. The SMILES string of the molecule is O=C1C(=O)c2ccccc2C(O)=C1CC1CCCC1. The molecule has 0 aliphatic heterocycles. The first-order valence-corrected chi connectivity index (χ1v) is 6.79. The summed E-state index contributed by atoms with van der Waals surface area (Å²) in [7, 11) is 0. The fourth-order valence-corrected chi connectivity index (χ4v) is 3.11. The first kappa shape index (κ1) is 12.2. The van der Waals surface area contributed by atoms with E-state index in [1.807, 2.05) is 0 Å². The Morgan fingerprint density at radius 3 is 2.32 bits per heavy atom. The molecule has 0 spiro atoms. The van der Waals surface area contributed by atoms with Gasteiger partial charge < -0.3 is 5.11 Å². The van der Waals surface area contributed by atoms with Gasteiger partial charge in [-0.1, -0.05) is 49.9 Å². The molecule has 0 aromatic heterocycles. The van der Waals surface area contributed by atoms with Gasteiger partial charge in [0, 0.05) is 16.7 Å². The van der Waals surface area contributed by atoms with Crippen LogP contribution in [0.2, 0.25) is 0 Å². The number of carbonyl (C=O) groups is 2. The van der Waals surface area contributed by atoms with Gasteiger partial charge in [-0.2, -0.15) is 0 Å². The van der Waals surface area contributed by atoms with Crippen LogP contribution in [0.4, 0.5) is 0 Å². The van der Waals surface area contributed by atoms with E-state index < -0.39 is 11.6 Å². The van der Waals surface area contributed by atoms with Gasteiger partial charge in [-0.25, -0.2) is 0 Å². The first-order chi connectivity index (χ1) is 9.18. The highest BCUT2D eigenvalue weighted by molar-refractivity contribution is 6.52. The van der Waals surface area contributed by atoms with Crippen molar-refractivity contribution in [2.24, 2.45) is 5.92 Å². The fraction of sp³-hybridized carbons (Fsp3) is 0.375. The summed E-state index contributed by atoms with van der Waals surface area (Å²) in [5, 5.41) is 10.3. The maximum atomic E-state index is 12.1. The number of hydrogen-bond acceptors (Lipinski definition) is 3. The van der Waals surface area contributed by atoms with E-state index in [1.165, 1.54) is 12.8 Å². The summed E-state index contributed by atoms with van der Waals surface area (Å²) >= 11 is 0. The van der Waals surface area contributed by atoms with Crippen molar-refractivity contribution < 1.29 is 14.7 Å². The molecule has 0 radical (unpaired) electrons. The smallest absolute Gasteiger partial charge is 0.234 e. The summed E-state index contributed by atoms with van der Waals surface area (Å²) in [5.41, 5.74) is 1.14. The van der Waals surface area contributed by atoms with Crippen LogP contribution in [0.3, 0.4) is 0 Å². The van der Waals surface area contributed by atoms with Crippen molar-refractivity contribution in [1.82, 2.24) is 0 Å². The Bertz CT molecular complexity index is 577. The van der Waals surface area contributed by atoms with Gasteiger partial charge in [-0.3, -0.25) is 9.59 Å². The summed E-state index contributed by atoms with van der Waals surface area (Å²) in [6.45, 7) is 0. The van der Waals surface area contributed by atoms with Crippen LogP contribution in [-0.2, 0) is 4.79 Å². The molecule has 0 unspecified atom stereocenters. The molecule has 3 nitrogen and oxygen atoms in total. The number of hydrogen-bond donors (Lipinski definition) is 1. The third kappa shape index (κ3) is 1.99. The van der Waals surface area contributed by atoms with Gasteiger partial charge in [-0.15, -0.1) is 0 Å². The molecule has 2 aliphatic rings. The molecule has 3 rings (SSSR count). The third-order valence-corrected chi connectivity index (χ3v) is 4.16. The molecule has 3 heteroatoms. The van der Waals surface area contributed by atoms with E-state index in [1.54, 1.807) is 24.3 Å². The lowest BCUT2D eigenvalue weighted by molar-refractivity contribution is -0.112. The van der Waals surface area contributed by atoms with Gasteiger partial charge in [0.05, 0.1) is 0 Å². The molecule has 2 aliphatic carbocycles. The van der Waals surface area contributed by atoms with Crippen molar-refractivity contribution in [2.75, 3.05) is 0 Å². The van der Waals surface area contributed by atoms with Gasteiger partial charge in [0.1, 0.15) is 5.76 Å². The van der Waals surface area contributed by atoms with Crippen LogP contribution in [0.25, 0.3) is 5.76 Å². The maximum Gasteiger partial charge on any atom is 0.234 e. The molecular weight excluding hydrogens is 240 g/mol. The highest BCUT2D eigenvalue weighted by atomic mass is 16.3. The quantitative estimate of drug-likeness (QED) is 0.826. The van der Waals surface area contributed by atoms with Crippen LogP contribution >= 0.6 is 0 Å². The lowest BCUT2D eigenvalue weighted by Gasteiger charge is -2.19. The molecule has 1 N–H and O–H groups in total. The number of ketones is 2. The second-order valence-electron chi connectivity index (χ2n) is 5.39. The van der Waals surface area contributed by atoms with Crippen molar-refractivity contribution in [2.45, 2.75) is 32.1 Å². The maximum absolute atomic E-state index is 12.1. The van der Waals surface area contributed by atoms with Crippen LogP contribution in [0.1, 0.15) is 48.0 Å². The van der Waals surface area contributed by atoms with E-state index in [4.69, 9.17) is 0 Å². The van der Waals surface area contributed by atoms with Crippen LogP contribution < -0.4 is 0 Å². The molecule has 1 saturated carbocycles. The largest absolute Gasteiger partial charge is 0.507 e. The molecule has 0 bridgehead atoms. The molecule has 98 valence electrons. The average Bonchev–Trinajstić information content (AvgIpc) is 2.94. The van der Waals surface area contributed by atoms with Crippen LogP contribution in [0, 0.1) is 5.92 Å². The van der Waals surface area contributed by atoms with Crippen molar-refractivity contribution in [3.8, 4) is 0 Å². The standard InChI is InChI=1S/C16H16O3/c17-14-11-7-3-4-8-12(11)15(18)16(19)13(14)9-10-5-1-2-6-10/h3-4,7-8,10,17H,1-2,5-6,9H2. The van der Waals surface area contributed by atoms with E-state index in [9.17, 15) is 14.7 Å². The Balaban J connectivity index is 2.02. The summed E-state index contributed by atoms with van der Waals surface area (Å²) in [6, 6.07) is 6.77. The second kappa shape index (κ2) is 4.65. The predicted octanol–water partition coefficient (Wildman–Crippen LogP) is 3.30. The molecule has 0 saturated heterocycles. The minimum atomic E-state index is -0.525. The Morgan fingerprint density at radius 1 is 1.00 bits per heavy atom. The van der Waals surface area contributed by atoms with Crippen LogP contribution in [0.15, 0.2) is 29.8 Å². The molecule has 19 heavy (non-hydrogen) atoms. The monoisotopic (exact) mass is 256 g/mol. The summed E-state index contributed by atoms with van der Waals surface area (Å²) in [5.74, 6) is -0.573. The lowest BCUT2D eigenvalue weighted by atomic mass is 9.84. The van der Waals surface area contributed by atoms with Gasteiger partial charge in [0.25, 0.3) is 0 Å². The number of fused-ring (bicyclic) bond motifs is 1. The van der Waals surface area contributed by atoms with Crippen molar-refractivity contribution in [1.29, 1.82) is 0 Å². The number of benzene rings is 1. The van der Waals surface area contributed by atoms with Crippen molar-refractivity contribution in [3.05, 3.63) is 41.0 Å². The zero-order valence-corrected chi connectivity index (χ0v) is 10.7. The molecule has 1 fully saturated rings. The first-order valence-electron chi connectivity index (χ1n) is 6.79. The summed E-state index contributed by atoms with van der Waals surface area (Å²) in [4.78, 5) is 24.2. The molecule has 0 heterocycles. The molecule has 1 aromatic rings. The summed E-state index contributed by atoms with van der Waals surface area (Å²) in [6.07, 6.45) is 5.05. The Morgan fingerprint density at radius 2 is 1.63 bits per heavy atom. The number of aliphatic hydroxyl groups is 1. The Labute approximate surface area is 111 Å². The molecular formula is C16H16O3. The van der Waals surface area contributed by atoms with E-state index in [0.717, 1.165) is 12.8 Å². The number of aliphatic hydroxyl groups excluding tert-OH is 1. The van der Waals surface area contributed by atoms with Crippen molar-refractivity contribution in [3.63, 3.8) is 0 Å². The highest BCUT2D eigenvalue weighted by Crippen LogP contribution is 2.35. The van der Waals surface area contributed by atoms with Crippen LogP contribution in [-0.4, -0.2) is 16.7 Å². The Kier molecular flexibility index (Phi) is 2.97. The zero-order valence-electron chi connectivity index (χ0n) is 10.7. The molecule has 0 amide bonds. The predicted molar refractivity (Wildman–Crippen MR) is 71.9 cm³/mol. The minimum absolute atomic E-state index is 0.00657. The zero-order chi connectivity index (χ0) is 13.4. The number of allylic oxidation sites excluding steroid dienone is 1. The Hall–Kier alpha value is -1.90. The topological polar surface area (TPSA) is 54.4 Å². The molecule has 1 aromatic carbocycles. The van der Waals surface area contributed by atoms with Gasteiger partial charge >= 0.3 is 0 Å². The van der Waals surface area contributed by atoms with Crippen LogP contribution in [0.5, 0.6) is 0 Å². The van der Waals surface area contributed by atoms with Gasteiger partial charge in [-0.05, 0) is 12.3 Å². The van der Waals surface area contributed by atoms with Gasteiger partial charge in [0.2, 0.25) is 11.6 Å². The fourth-order valence-electron chi connectivity index (χ4n) is 3.11. The number of carbonyl (C=O) groups excluding carboxylic acids is 2. The lowest BCUT2D eigenvalue weighted by Crippen LogP contribution is -2.25. The van der Waals surface area contributed by atoms with E-state index in [-0.39, 0.29) is 5.76 Å². The third-order valence-electron chi connectivity index (χ3n) is 4.16. The average molecular weight is 256 g/mol.